The molecule has 1 heterocycles. The Bertz CT molecular complexity index is 575. The average molecular weight is 299 g/mol. The Morgan fingerprint density at radius 2 is 1.80 bits per heavy atom. The van der Waals surface area contributed by atoms with Crippen molar-refractivity contribution >= 4 is 16.0 Å². The van der Waals surface area contributed by atoms with Crippen LogP contribution < -0.4 is 0 Å². The molecular formula is C13H17NO5S. The Morgan fingerprint density at radius 3 is 2.30 bits per heavy atom. The number of ether oxygens (including phenoxy) is 1. The second-order valence-corrected chi connectivity index (χ2v) is 6.58. The van der Waals surface area contributed by atoms with Crippen molar-refractivity contribution in [1.82, 2.24) is 4.31 Å². The molecular weight excluding hydrogens is 282 g/mol. The quantitative estimate of drug-likeness (QED) is 0.893. The van der Waals surface area contributed by atoms with Gasteiger partial charge in [-0.25, -0.2) is 8.42 Å². The summed E-state index contributed by atoms with van der Waals surface area (Å²) in [6.45, 7) is 3.04. The smallest absolute Gasteiger partial charge is 0.310 e. The molecule has 1 unspecified atom stereocenters. The van der Waals surface area contributed by atoms with E-state index in [9.17, 15) is 13.2 Å². The van der Waals surface area contributed by atoms with Gasteiger partial charge in [0.2, 0.25) is 10.0 Å². The van der Waals surface area contributed by atoms with E-state index in [2.05, 4.69) is 0 Å². The number of carboxylic acid groups (broad SMARTS) is 1. The minimum Gasteiger partial charge on any atom is -0.481 e. The van der Waals surface area contributed by atoms with E-state index in [1.807, 2.05) is 0 Å². The Kier molecular flexibility index (Phi) is 4.42. The first kappa shape index (κ1) is 15.0. The summed E-state index contributed by atoms with van der Waals surface area (Å²) in [4.78, 5) is 11.1. The molecule has 1 aromatic rings. The van der Waals surface area contributed by atoms with Crippen LogP contribution >= 0.6 is 0 Å². The van der Waals surface area contributed by atoms with Gasteiger partial charge < -0.3 is 9.84 Å². The van der Waals surface area contributed by atoms with Crippen molar-refractivity contribution in [1.29, 1.82) is 0 Å². The van der Waals surface area contributed by atoms with E-state index in [1.54, 1.807) is 19.1 Å². The number of aliphatic carboxylic acids is 1. The lowest BCUT2D eigenvalue weighted by atomic mass is 10.0. The highest BCUT2D eigenvalue weighted by Crippen LogP contribution is 2.21. The van der Waals surface area contributed by atoms with E-state index in [0.29, 0.717) is 31.9 Å². The Hall–Kier alpha value is -1.44. The molecule has 0 spiro atoms. The zero-order chi connectivity index (χ0) is 14.8. The Balaban J connectivity index is 2.22. The molecule has 0 amide bonds. The molecule has 1 atom stereocenters. The third-order valence-electron chi connectivity index (χ3n) is 3.36. The minimum absolute atomic E-state index is 0.181. The summed E-state index contributed by atoms with van der Waals surface area (Å²) in [5.74, 6) is -1.59. The highest BCUT2D eigenvalue weighted by atomic mass is 32.2. The van der Waals surface area contributed by atoms with Gasteiger partial charge in [0.25, 0.3) is 0 Å². The van der Waals surface area contributed by atoms with Crippen LogP contribution in [0.1, 0.15) is 18.4 Å². The fourth-order valence-corrected chi connectivity index (χ4v) is 3.42. The fraction of sp³-hybridized carbons (Fsp3) is 0.462. The number of hydrogen-bond donors (Lipinski definition) is 1. The number of morpholine rings is 1. The summed E-state index contributed by atoms with van der Waals surface area (Å²) in [6.07, 6.45) is 0. The molecule has 20 heavy (non-hydrogen) atoms. The van der Waals surface area contributed by atoms with Crippen LogP contribution in [0, 0.1) is 0 Å². The first-order chi connectivity index (χ1) is 9.43. The van der Waals surface area contributed by atoms with Crippen LogP contribution in [-0.2, 0) is 19.6 Å². The molecule has 1 aromatic carbocycles. The first-order valence-corrected chi connectivity index (χ1v) is 7.77. The van der Waals surface area contributed by atoms with Crippen molar-refractivity contribution in [2.45, 2.75) is 17.7 Å². The molecule has 1 fully saturated rings. The summed E-state index contributed by atoms with van der Waals surface area (Å²) >= 11 is 0. The van der Waals surface area contributed by atoms with Crippen LogP contribution in [0.15, 0.2) is 29.2 Å². The van der Waals surface area contributed by atoms with Crippen LogP contribution in [0.2, 0.25) is 0 Å². The van der Waals surface area contributed by atoms with Crippen molar-refractivity contribution in [3.63, 3.8) is 0 Å². The maximum absolute atomic E-state index is 12.4. The van der Waals surface area contributed by atoms with Gasteiger partial charge in [-0.3, -0.25) is 4.79 Å². The van der Waals surface area contributed by atoms with E-state index >= 15 is 0 Å². The molecule has 0 aliphatic carbocycles. The van der Waals surface area contributed by atoms with Gasteiger partial charge in [0.15, 0.2) is 0 Å². The van der Waals surface area contributed by atoms with Crippen LogP contribution in [0.5, 0.6) is 0 Å². The molecule has 110 valence electrons. The van der Waals surface area contributed by atoms with Crippen LogP contribution in [0.25, 0.3) is 0 Å². The highest BCUT2D eigenvalue weighted by Gasteiger charge is 2.26. The zero-order valence-electron chi connectivity index (χ0n) is 11.2. The van der Waals surface area contributed by atoms with Gasteiger partial charge in [-0.15, -0.1) is 0 Å². The van der Waals surface area contributed by atoms with Crippen molar-refractivity contribution in [2.75, 3.05) is 26.3 Å². The second-order valence-electron chi connectivity index (χ2n) is 4.65. The predicted molar refractivity (Wildman–Crippen MR) is 72.1 cm³/mol. The lowest BCUT2D eigenvalue weighted by Crippen LogP contribution is -2.40. The maximum atomic E-state index is 12.4. The predicted octanol–water partition coefficient (Wildman–Crippen LogP) is 0.896. The van der Waals surface area contributed by atoms with Crippen molar-refractivity contribution in [3.05, 3.63) is 29.8 Å². The van der Waals surface area contributed by atoms with Gasteiger partial charge in [-0.2, -0.15) is 4.31 Å². The molecule has 2 rings (SSSR count). The van der Waals surface area contributed by atoms with Gasteiger partial charge in [-0.05, 0) is 24.6 Å². The number of benzene rings is 1. The molecule has 0 bridgehead atoms. The highest BCUT2D eigenvalue weighted by molar-refractivity contribution is 7.89. The van der Waals surface area contributed by atoms with Crippen LogP contribution in [-0.4, -0.2) is 50.1 Å². The van der Waals surface area contributed by atoms with Gasteiger partial charge in [-0.1, -0.05) is 12.1 Å². The number of nitrogens with zero attached hydrogens (tertiary/aromatic N) is 1. The van der Waals surface area contributed by atoms with Crippen molar-refractivity contribution < 1.29 is 23.1 Å². The molecule has 1 saturated heterocycles. The first-order valence-electron chi connectivity index (χ1n) is 6.33. The SMILES string of the molecule is CC(C(=O)O)c1ccc(S(=O)(=O)N2CCOCC2)cc1. The van der Waals surface area contributed by atoms with Crippen molar-refractivity contribution in [3.8, 4) is 0 Å². The van der Waals surface area contributed by atoms with Gasteiger partial charge in [0, 0.05) is 13.1 Å². The number of carboxylic acids is 1. The zero-order valence-corrected chi connectivity index (χ0v) is 12.0. The summed E-state index contributed by atoms with van der Waals surface area (Å²) in [5.41, 5.74) is 0.582. The molecule has 0 saturated carbocycles. The molecule has 0 aromatic heterocycles. The summed E-state index contributed by atoms with van der Waals surface area (Å²) in [6, 6.07) is 6.01. The summed E-state index contributed by atoms with van der Waals surface area (Å²) in [5, 5.41) is 8.93. The fourth-order valence-electron chi connectivity index (χ4n) is 2.01. The minimum atomic E-state index is -3.52. The molecule has 6 nitrogen and oxygen atoms in total. The lowest BCUT2D eigenvalue weighted by molar-refractivity contribution is -0.138. The molecule has 0 radical (unpaired) electrons. The van der Waals surface area contributed by atoms with E-state index in [1.165, 1.54) is 16.4 Å². The van der Waals surface area contributed by atoms with Crippen LogP contribution in [0.3, 0.4) is 0 Å². The normalized spacial score (nSPS) is 18.6. The Morgan fingerprint density at radius 1 is 1.25 bits per heavy atom. The average Bonchev–Trinajstić information content (AvgIpc) is 2.47. The monoisotopic (exact) mass is 299 g/mol. The van der Waals surface area contributed by atoms with E-state index in [-0.39, 0.29) is 4.90 Å². The third-order valence-corrected chi connectivity index (χ3v) is 5.27. The molecule has 7 heteroatoms. The number of rotatable bonds is 4. The van der Waals surface area contributed by atoms with E-state index < -0.39 is 21.9 Å². The summed E-state index contributed by atoms with van der Waals surface area (Å²) in [7, 11) is -3.52. The number of sulfonamides is 1. The molecule has 1 aliphatic heterocycles. The molecule has 1 aliphatic rings. The largest absolute Gasteiger partial charge is 0.481 e. The van der Waals surface area contributed by atoms with Gasteiger partial charge >= 0.3 is 5.97 Å². The van der Waals surface area contributed by atoms with E-state index in [4.69, 9.17) is 9.84 Å². The van der Waals surface area contributed by atoms with Gasteiger partial charge in [0.1, 0.15) is 0 Å². The maximum Gasteiger partial charge on any atom is 0.310 e. The standard InChI is InChI=1S/C13H17NO5S/c1-10(13(15)16)11-2-4-12(5-3-11)20(17,18)14-6-8-19-9-7-14/h2-5,10H,6-9H2,1H3,(H,15,16). The molecule has 1 N–H and O–H groups in total. The lowest BCUT2D eigenvalue weighted by Gasteiger charge is -2.26. The summed E-state index contributed by atoms with van der Waals surface area (Å²) < 4.78 is 31.2. The topological polar surface area (TPSA) is 83.9 Å². The number of carbonyl (C=O) groups is 1. The Labute approximate surface area is 118 Å². The van der Waals surface area contributed by atoms with Crippen LogP contribution in [0.4, 0.5) is 0 Å². The van der Waals surface area contributed by atoms with Crippen molar-refractivity contribution in [2.24, 2.45) is 0 Å². The van der Waals surface area contributed by atoms with E-state index in [0.717, 1.165) is 0 Å². The third kappa shape index (κ3) is 3.00. The van der Waals surface area contributed by atoms with Gasteiger partial charge in [0.05, 0.1) is 24.0 Å². The second kappa shape index (κ2) is 5.90. The number of hydrogen-bond acceptors (Lipinski definition) is 4.